The number of likely N-dealkylation sites (tertiary alicyclic amines) is 1. The van der Waals surface area contributed by atoms with Gasteiger partial charge in [-0.2, -0.15) is 0 Å². The van der Waals surface area contributed by atoms with Crippen molar-refractivity contribution in [1.29, 1.82) is 0 Å². The van der Waals surface area contributed by atoms with Crippen molar-refractivity contribution in [2.24, 2.45) is 17.6 Å². The van der Waals surface area contributed by atoms with Gasteiger partial charge < -0.3 is 15.5 Å². The van der Waals surface area contributed by atoms with Crippen LogP contribution in [0.25, 0.3) is 0 Å². The molecule has 20 heavy (non-hydrogen) atoms. The van der Waals surface area contributed by atoms with E-state index in [1.165, 1.54) is 0 Å². The summed E-state index contributed by atoms with van der Waals surface area (Å²) in [5, 5.41) is 0. The average molecular weight is 283 g/mol. The summed E-state index contributed by atoms with van der Waals surface area (Å²) in [5.74, 6) is 0.746. The minimum Gasteiger partial charge on any atom is -0.342 e. The molecule has 0 aliphatic carbocycles. The van der Waals surface area contributed by atoms with Crippen LogP contribution in [0, 0.1) is 11.8 Å². The molecule has 118 valence electrons. The second kappa shape index (κ2) is 7.99. The summed E-state index contributed by atoms with van der Waals surface area (Å²) in [4.78, 5) is 17.0. The van der Waals surface area contributed by atoms with Crippen LogP contribution in [-0.4, -0.2) is 54.5 Å². The highest BCUT2D eigenvalue weighted by Gasteiger charge is 2.29. The van der Waals surface area contributed by atoms with Crippen molar-refractivity contribution in [3.63, 3.8) is 0 Å². The smallest absolute Gasteiger partial charge is 0.226 e. The van der Waals surface area contributed by atoms with Gasteiger partial charge in [0, 0.05) is 38.8 Å². The number of carbonyl (C=O) groups is 1. The van der Waals surface area contributed by atoms with Crippen LogP contribution in [0.3, 0.4) is 0 Å². The Morgan fingerprint density at radius 1 is 1.25 bits per heavy atom. The van der Waals surface area contributed by atoms with Gasteiger partial charge in [0.25, 0.3) is 0 Å². The molecule has 0 saturated carbocycles. The first-order valence-corrected chi connectivity index (χ1v) is 8.07. The van der Waals surface area contributed by atoms with Crippen molar-refractivity contribution in [3.05, 3.63) is 0 Å². The predicted octanol–water partition coefficient (Wildman–Crippen LogP) is 1.94. The van der Waals surface area contributed by atoms with Gasteiger partial charge in [-0.05, 0) is 39.0 Å². The molecule has 2 N–H and O–H groups in total. The molecule has 1 rings (SSSR count). The maximum atomic E-state index is 12.6. The molecule has 1 saturated heterocycles. The number of hydrogen-bond donors (Lipinski definition) is 1. The summed E-state index contributed by atoms with van der Waals surface area (Å²) in [5.41, 5.74) is 5.80. The first-order chi connectivity index (χ1) is 9.36. The van der Waals surface area contributed by atoms with Gasteiger partial charge in [0.15, 0.2) is 0 Å². The Balaban J connectivity index is 2.52. The van der Waals surface area contributed by atoms with Crippen LogP contribution in [-0.2, 0) is 4.79 Å². The normalized spacial score (nSPS) is 19.6. The largest absolute Gasteiger partial charge is 0.342 e. The van der Waals surface area contributed by atoms with E-state index >= 15 is 0 Å². The Morgan fingerprint density at radius 2 is 1.80 bits per heavy atom. The third-order valence-electron chi connectivity index (χ3n) is 4.51. The van der Waals surface area contributed by atoms with E-state index in [4.69, 9.17) is 5.73 Å². The number of nitrogens with zero attached hydrogens (tertiary/aromatic N) is 2. The zero-order valence-electron chi connectivity index (χ0n) is 13.9. The minimum absolute atomic E-state index is 0.0110. The van der Waals surface area contributed by atoms with E-state index in [1.54, 1.807) is 0 Å². The Bertz CT molecular complexity index is 296. The van der Waals surface area contributed by atoms with Crippen LogP contribution in [0.5, 0.6) is 0 Å². The molecular formula is C16H33N3O. The summed E-state index contributed by atoms with van der Waals surface area (Å²) in [6.07, 6.45) is 3.06. The Kier molecular flexibility index (Phi) is 6.96. The number of nitrogens with two attached hydrogens (primary N) is 1. The van der Waals surface area contributed by atoms with Crippen molar-refractivity contribution in [1.82, 2.24) is 9.80 Å². The van der Waals surface area contributed by atoms with Crippen molar-refractivity contribution in [3.8, 4) is 0 Å². The van der Waals surface area contributed by atoms with Crippen LogP contribution in [0.15, 0.2) is 0 Å². The first kappa shape index (κ1) is 17.4. The molecule has 1 amide bonds. The predicted molar refractivity (Wildman–Crippen MR) is 84.5 cm³/mol. The van der Waals surface area contributed by atoms with Crippen LogP contribution in [0.4, 0.5) is 0 Å². The van der Waals surface area contributed by atoms with E-state index in [0.717, 1.165) is 32.4 Å². The van der Waals surface area contributed by atoms with Gasteiger partial charge >= 0.3 is 0 Å². The van der Waals surface area contributed by atoms with E-state index in [0.29, 0.717) is 24.5 Å². The van der Waals surface area contributed by atoms with E-state index in [1.807, 2.05) is 11.9 Å². The lowest BCUT2D eigenvalue weighted by atomic mass is 9.94. The Hall–Kier alpha value is -0.610. The molecule has 4 heteroatoms. The highest BCUT2D eigenvalue weighted by molar-refractivity contribution is 5.79. The van der Waals surface area contributed by atoms with E-state index in [2.05, 4.69) is 32.6 Å². The fourth-order valence-corrected chi connectivity index (χ4v) is 3.12. The van der Waals surface area contributed by atoms with Crippen molar-refractivity contribution in [2.75, 3.05) is 26.7 Å². The van der Waals surface area contributed by atoms with Gasteiger partial charge in [-0.1, -0.05) is 13.8 Å². The molecule has 1 fully saturated rings. The SMILES string of the molecule is CC(C)CC(CN)C(=O)N(C)C1CCN(C(C)C)CC1. The third-order valence-corrected chi connectivity index (χ3v) is 4.51. The minimum atomic E-state index is -0.0110. The van der Waals surface area contributed by atoms with Gasteiger partial charge in [0.2, 0.25) is 5.91 Å². The quantitative estimate of drug-likeness (QED) is 0.810. The van der Waals surface area contributed by atoms with E-state index in [-0.39, 0.29) is 11.8 Å². The van der Waals surface area contributed by atoms with Crippen LogP contribution < -0.4 is 5.73 Å². The Morgan fingerprint density at radius 3 is 2.20 bits per heavy atom. The summed E-state index contributed by atoms with van der Waals surface area (Å²) >= 11 is 0. The standard InChI is InChI=1S/C16H33N3O/c1-12(2)10-14(11-17)16(20)18(5)15-6-8-19(9-7-15)13(3)4/h12-15H,6-11,17H2,1-5H3. The van der Waals surface area contributed by atoms with Crippen LogP contribution >= 0.6 is 0 Å². The fraction of sp³-hybridized carbons (Fsp3) is 0.938. The van der Waals surface area contributed by atoms with Crippen molar-refractivity contribution < 1.29 is 4.79 Å². The third kappa shape index (κ3) is 4.74. The van der Waals surface area contributed by atoms with Crippen molar-refractivity contribution in [2.45, 2.75) is 59.0 Å². The lowest BCUT2D eigenvalue weighted by Crippen LogP contribution is -2.49. The highest BCUT2D eigenvalue weighted by atomic mass is 16.2. The number of rotatable bonds is 6. The zero-order valence-corrected chi connectivity index (χ0v) is 13.9. The number of hydrogen-bond acceptors (Lipinski definition) is 3. The lowest BCUT2D eigenvalue weighted by Gasteiger charge is -2.39. The molecule has 1 aliphatic heterocycles. The lowest BCUT2D eigenvalue weighted by molar-refractivity contribution is -0.137. The molecular weight excluding hydrogens is 250 g/mol. The molecule has 0 radical (unpaired) electrons. The van der Waals surface area contributed by atoms with E-state index < -0.39 is 0 Å². The molecule has 1 atom stereocenters. The second-order valence-corrected chi connectivity index (χ2v) is 6.87. The average Bonchev–Trinajstić information content (AvgIpc) is 2.43. The van der Waals surface area contributed by atoms with Crippen LogP contribution in [0.2, 0.25) is 0 Å². The maximum Gasteiger partial charge on any atom is 0.226 e. The van der Waals surface area contributed by atoms with Gasteiger partial charge in [-0.3, -0.25) is 4.79 Å². The number of amides is 1. The summed E-state index contributed by atoms with van der Waals surface area (Å²) in [6, 6.07) is 0.994. The first-order valence-electron chi connectivity index (χ1n) is 8.07. The van der Waals surface area contributed by atoms with Crippen LogP contribution in [0.1, 0.15) is 47.0 Å². The van der Waals surface area contributed by atoms with E-state index in [9.17, 15) is 4.79 Å². The topological polar surface area (TPSA) is 49.6 Å². The molecule has 0 aromatic carbocycles. The molecule has 0 spiro atoms. The molecule has 0 bridgehead atoms. The number of carbonyl (C=O) groups excluding carboxylic acids is 1. The summed E-state index contributed by atoms with van der Waals surface area (Å²) in [6.45, 7) is 11.4. The Labute approximate surface area is 124 Å². The van der Waals surface area contributed by atoms with Crippen molar-refractivity contribution >= 4 is 5.91 Å². The fourth-order valence-electron chi connectivity index (χ4n) is 3.12. The van der Waals surface area contributed by atoms with Gasteiger partial charge in [0.05, 0.1) is 5.92 Å². The molecule has 0 aromatic rings. The number of piperidine rings is 1. The zero-order chi connectivity index (χ0) is 15.3. The molecule has 0 aromatic heterocycles. The molecule has 1 heterocycles. The molecule has 4 nitrogen and oxygen atoms in total. The van der Waals surface area contributed by atoms with Gasteiger partial charge in [0.1, 0.15) is 0 Å². The molecule has 1 aliphatic rings. The molecule has 1 unspecified atom stereocenters. The summed E-state index contributed by atoms with van der Waals surface area (Å²) in [7, 11) is 1.96. The highest BCUT2D eigenvalue weighted by Crippen LogP contribution is 2.20. The maximum absolute atomic E-state index is 12.6. The van der Waals surface area contributed by atoms with Gasteiger partial charge in [-0.25, -0.2) is 0 Å². The second-order valence-electron chi connectivity index (χ2n) is 6.87. The van der Waals surface area contributed by atoms with Gasteiger partial charge in [-0.15, -0.1) is 0 Å². The summed E-state index contributed by atoms with van der Waals surface area (Å²) < 4.78 is 0. The monoisotopic (exact) mass is 283 g/mol.